The Morgan fingerprint density at radius 3 is 2.77 bits per heavy atom. The molecular weight excluding hydrogens is 328 g/mol. The van der Waals surface area contributed by atoms with E-state index in [1.165, 1.54) is 17.7 Å². The first-order valence-corrected chi connectivity index (χ1v) is 9.09. The third-order valence-electron chi connectivity index (χ3n) is 4.49. The number of nitrogens with one attached hydrogen (secondary N) is 1. The number of rotatable bonds is 8. The van der Waals surface area contributed by atoms with Crippen molar-refractivity contribution in [1.29, 1.82) is 0 Å². The van der Waals surface area contributed by atoms with E-state index < -0.39 is 0 Å². The number of ether oxygens (including phenoxy) is 1. The lowest BCUT2D eigenvalue weighted by Crippen LogP contribution is -2.28. The number of aromatic nitrogens is 2. The Labute approximate surface area is 154 Å². The van der Waals surface area contributed by atoms with Gasteiger partial charge in [-0.25, -0.2) is 9.97 Å². The Morgan fingerprint density at radius 2 is 2.08 bits per heavy atom. The Bertz CT molecular complexity index is 759. The van der Waals surface area contributed by atoms with Gasteiger partial charge in [0.15, 0.2) is 6.61 Å². The van der Waals surface area contributed by atoms with Crippen molar-refractivity contribution in [3.8, 4) is 5.75 Å². The molecule has 1 aromatic heterocycles. The van der Waals surface area contributed by atoms with Crippen molar-refractivity contribution in [1.82, 2.24) is 14.9 Å². The number of hydrogen-bond donors (Lipinski definition) is 1. The second-order valence-corrected chi connectivity index (χ2v) is 6.79. The second-order valence-electron chi connectivity index (χ2n) is 6.79. The third kappa shape index (κ3) is 4.50. The van der Waals surface area contributed by atoms with Crippen molar-refractivity contribution in [2.24, 2.45) is 0 Å². The molecule has 1 saturated carbocycles. The van der Waals surface area contributed by atoms with Crippen LogP contribution in [0.25, 0.3) is 0 Å². The van der Waals surface area contributed by atoms with Crippen LogP contribution in [-0.4, -0.2) is 41.5 Å². The molecule has 1 atom stereocenters. The molecule has 0 aliphatic heterocycles. The minimum atomic E-state index is -0.0642. The number of hydrogen-bond acceptors (Lipinski definition) is 5. The highest BCUT2D eigenvalue weighted by molar-refractivity contribution is 5.77. The fraction of sp³-hybridized carbons (Fsp3) is 0.450. The van der Waals surface area contributed by atoms with Gasteiger partial charge in [-0.05, 0) is 31.4 Å². The van der Waals surface area contributed by atoms with E-state index >= 15 is 0 Å². The van der Waals surface area contributed by atoms with Crippen molar-refractivity contribution >= 4 is 11.7 Å². The third-order valence-corrected chi connectivity index (χ3v) is 4.49. The van der Waals surface area contributed by atoms with E-state index in [-0.39, 0.29) is 18.6 Å². The number of likely N-dealkylation sites (N-methyl/N-ethyl adjacent to an activating group) is 1. The maximum atomic E-state index is 11.8. The average molecular weight is 354 g/mol. The number of benzene rings is 1. The van der Waals surface area contributed by atoms with E-state index in [1.54, 1.807) is 14.1 Å². The van der Waals surface area contributed by atoms with Gasteiger partial charge in [0, 0.05) is 31.8 Å². The summed E-state index contributed by atoms with van der Waals surface area (Å²) >= 11 is 0. The highest BCUT2D eigenvalue weighted by Gasteiger charge is 2.26. The van der Waals surface area contributed by atoms with Gasteiger partial charge >= 0.3 is 0 Å². The van der Waals surface area contributed by atoms with Gasteiger partial charge in [-0.15, -0.1) is 0 Å². The van der Waals surface area contributed by atoms with Crippen LogP contribution in [0.2, 0.25) is 0 Å². The van der Waals surface area contributed by atoms with E-state index in [1.807, 2.05) is 36.5 Å². The zero-order valence-corrected chi connectivity index (χ0v) is 15.6. The molecule has 2 aromatic rings. The number of carbonyl (C=O) groups excluding carboxylic acids is 1. The van der Waals surface area contributed by atoms with E-state index in [0.717, 1.165) is 29.4 Å². The van der Waals surface area contributed by atoms with Gasteiger partial charge in [0.2, 0.25) is 0 Å². The molecule has 138 valence electrons. The Morgan fingerprint density at radius 1 is 1.31 bits per heavy atom. The van der Waals surface area contributed by atoms with Crippen molar-refractivity contribution in [2.75, 3.05) is 26.0 Å². The lowest BCUT2D eigenvalue weighted by molar-refractivity contribution is -0.130. The minimum Gasteiger partial charge on any atom is -0.483 e. The van der Waals surface area contributed by atoms with Crippen LogP contribution in [0.3, 0.4) is 0 Å². The number of carbonyl (C=O) groups is 1. The second kappa shape index (κ2) is 8.17. The summed E-state index contributed by atoms with van der Waals surface area (Å²) in [6.07, 6.45) is 5.03. The molecule has 0 spiro atoms. The molecule has 0 saturated heterocycles. The van der Waals surface area contributed by atoms with Crippen LogP contribution >= 0.6 is 0 Å². The van der Waals surface area contributed by atoms with Crippen LogP contribution < -0.4 is 10.1 Å². The van der Waals surface area contributed by atoms with Crippen LogP contribution in [-0.2, 0) is 4.79 Å². The maximum Gasteiger partial charge on any atom is 0.259 e. The molecule has 1 aliphatic rings. The van der Waals surface area contributed by atoms with Crippen molar-refractivity contribution < 1.29 is 9.53 Å². The van der Waals surface area contributed by atoms with Gasteiger partial charge < -0.3 is 15.0 Å². The summed E-state index contributed by atoms with van der Waals surface area (Å²) in [5.74, 6) is 2.92. The number of nitrogens with zero attached hydrogens (tertiary/aromatic N) is 3. The normalized spacial score (nSPS) is 14.6. The molecule has 1 amide bonds. The zero-order chi connectivity index (χ0) is 18.5. The molecule has 1 aliphatic carbocycles. The van der Waals surface area contributed by atoms with E-state index in [9.17, 15) is 4.79 Å². The van der Waals surface area contributed by atoms with Crippen LogP contribution in [0.5, 0.6) is 5.75 Å². The monoisotopic (exact) mass is 354 g/mol. The van der Waals surface area contributed by atoms with Gasteiger partial charge in [-0.1, -0.05) is 25.1 Å². The van der Waals surface area contributed by atoms with Gasteiger partial charge in [0.05, 0.1) is 6.04 Å². The topological polar surface area (TPSA) is 67.4 Å². The Kier molecular flexibility index (Phi) is 5.71. The number of para-hydroxylation sites is 1. The quantitative estimate of drug-likeness (QED) is 0.787. The molecule has 1 N–H and O–H groups in total. The van der Waals surface area contributed by atoms with E-state index in [2.05, 4.69) is 22.2 Å². The van der Waals surface area contributed by atoms with Gasteiger partial charge in [0.25, 0.3) is 5.91 Å². The molecule has 6 nitrogen and oxygen atoms in total. The predicted octanol–water partition coefficient (Wildman–Crippen LogP) is 3.38. The summed E-state index contributed by atoms with van der Waals surface area (Å²) in [5.41, 5.74) is 1.02. The summed E-state index contributed by atoms with van der Waals surface area (Å²) in [5, 5.41) is 3.49. The SMILES string of the molecule is CCC(Nc1ccnc(C2CC2)n1)c1ccccc1OCC(=O)N(C)C. The van der Waals surface area contributed by atoms with E-state index in [0.29, 0.717) is 5.92 Å². The van der Waals surface area contributed by atoms with Gasteiger partial charge in [-0.3, -0.25) is 4.79 Å². The van der Waals surface area contributed by atoms with Crippen LogP contribution in [0.1, 0.15) is 49.5 Å². The summed E-state index contributed by atoms with van der Waals surface area (Å²) in [4.78, 5) is 22.4. The van der Waals surface area contributed by atoms with Crippen LogP contribution in [0, 0.1) is 0 Å². The van der Waals surface area contributed by atoms with Crippen molar-refractivity contribution in [3.05, 3.63) is 47.9 Å². The van der Waals surface area contributed by atoms with Crippen molar-refractivity contribution in [3.63, 3.8) is 0 Å². The van der Waals surface area contributed by atoms with Crippen LogP contribution in [0.15, 0.2) is 36.5 Å². The molecule has 3 rings (SSSR count). The Hall–Kier alpha value is -2.63. The van der Waals surface area contributed by atoms with Gasteiger partial charge in [0.1, 0.15) is 17.4 Å². The summed E-state index contributed by atoms with van der Waals surface area (Å²) in [6, 6.07) is 9.77. The zero-order valence-electron chi connectivity index (χ0n) is 15.6. The summed E-state index contributed by atoms with van der Waals surface area (Å²) in [7, 11) is 3.45. The molecule has 6 heteroatoms. The largest absolute Gasteiger partial charge is 0.483 e. The highest BCUT2D eigenvalue weighted by Crippen LogP contribution is 2.38. The summed E-state index contributed by atoms with van der Waals surface area (Å²) < 4.78 is 5.79. The fourth-order valence-electron chi connectivity index (χ4n) is 2.74. The molecule has 1 heterocycles. The molecule has 1 unspecified atom stereocenters. The molecule has 0 radical (unpaired) electrons. The van der Waals surface area contributed by atoms with E-state index in [4.69, 9.17) is 4.74 Å². The fourth-order valence-corrected chi connectivity index (χ4v) is 2.74. The predicted molar refractivity (Wildman–Crippen MR) is 101 cm³/mol. The molecule has 1 aromatic carbocycles. The van der Waals surface area contributed by atoms with Crippen molar-refractivity contribution in [2.45, 2.75) is 38.1 Å². The Balaban J connectivity index is 1.75. The van der Waals surface area contributed by atoms with Gasteiger partial charge in [-0.2, -0.15) is 0 Å². The first kappa shape index (κ1) is 18.2. The molecule has 1 fully saturated rings. The molecule has 0 bridgehead atoms. The maximum absolute atomic E-state index is 11.8. The lowest BCUT2D eigenvalue weighted by Gasteiger charge is -2.21. The van der Waals surface area contributed by atoms with Crippen LogP contribution in [0.4, 0.5) is 5.82 Å². The standard InChI is InChI=1S/C20H26N4O2/c1-4-16(22-18-11-12-21-20(23-18)14-9-10-14)15-7-5-6-8-17(15)26-13-19(25)24(2)3/h5-8,11-12,14,16H,4,9-10,13H2,1-3H3,(H,21,22,23). The first-order chi connectivity index (χ1) is 12.6. The highest BCUT2D eigenvalue weighted by atomic mass is 16.5. The molecular formula is C20H26N4O2. The number of anilines is 1. The minimum absolute atomic E-state index is 0.0276. The molecule has 26 heavy (non-hydrogen) atoms. The summed E-state index contributed by atoms with van der Waals surface area (Å²) in [6.45, 7) is 2.14. The first-order valence-electron chi connectivity index (χ1n) is 9.09. The average Bonchev–Trinajstić information content (AvgIpc) is 3.50. The lowest BCUT2D eigenvalue weighted by atomic mass is 10.0. The number of amides is 1. The smallest absolute Gasteiger partial charge is 0.259 e.